The van der Waals surface area contributed by atoms with E-state index in [9.17, 15) is 0 Å². The van der Waals surface area contributed by atoms with Crippen LogP contribution in [-0.4, -0.2) is 0 Å². The standard InChI is InChI=1S/C15H10/c1-2-6-12-11(5-1)13-7-3-4-10-8-9-14(12)15(10)13/h1-7,10H,9H2. The van der Waals surface area contributed by atoms with Crippen LogP contribution < -0.4 is 0 Å². The van der Waals surface area contributed by atoms with Crippen molar-refractivity contribution in [2.45, 2.75) is 6.42 Å². The Hall–Kier alpha value is -1.56. The lowest BCUT2D eigenvalue weighted by Crippen LogP contribution is -2.00. The van der Waals surface area contributed by atoms with Crippen molar-refractivity contribution in [3.05, 3.63) is 65.6 Å². The number of rotatable bonds is 0. The summed E-state index contributed by atoms with van der Waals surface area (Å²) < 4.78 is 0. The highest BCUT2D eigenvalue weighted by Gasteiger charge is 2.35. The number of hydrogen-bond acceptors (Lipinski definition) is 0. The summed E-state index contributed by atoms with van der Waals surface area (Å²) >= 11 is 0. The Morgan fingerprint density at radius 2 is 2.00 bits per heavy atom. The second-order valence-corrected chi connectivity index (χ2v) is 4.26. The molecule has 15 heavy (non-hydrogen) atoms. The maximum Gasteiger partial charge on any atom is 0.0102 e. The SMILES string of the molecule is [C]1CC2=C3C(=CC=CC13)c1ccccc12. The molecule has 0 aromatic heterocycles. The van der Waals surface area contributed by atoms with Gasteiger partial charge in [-0.25, -0.2) is 0 Å². The molecule has 0 aliphatic heterocycles. The summed E-state index contributed by atoms with van der Waals surface area (Å²) in [6.45, 7) is 0. The third-order valence-electron chi connectivity index (χ3n) is 3.53. The second-order valence-electron chi connectivity index (χ2n) is 4.26. The van der Waals surface area contributed by atoms with E-state index >= 15 is 0 Å². The van der Waals surface area contributed by atoms with E-state index in [-0.39, 0.29) is 0 Å². The minimum atomic E-state index is 0.451. The van der Waals surface area contributed by atoms with E-state index in [0.29, 0.717) is 5.92 Å². The molecule has 0 saturated heterocycles. The van der Waals surface area contributed by atoms with Crippen molar-refractivity contribution in [1.82, 2.24) is 0 Å². The van der Waals surface area contributed by atoms with Crippen molar-refractivity contribution in [3.8, 4) is 0 Å². The topological polar surface area (TPSA) is 0 Å². The average molecular weight is 190 g/mol. The van der Waals surface area contributed by atoms with Gasteiger partial charge in [-0.05, 0) is 40.7 Å². The quantitative estimate of drug-likeness (QED) is 0.587. The van der Waals surface area contributed by atoms with E-state index < -0.39 is 0 Å². The molecular formula is C15H10. The van der Waals surface area contributed by atoms with Crippen LogP contribution in [0.25, 0.3) is 11.1 Å². The summed E-state index contributed by atoms with van der Waals surface area (Å²) in [5, 5.41) is 0. The molecule has 1 unspecified atom stereocenters. The first-order valence-electron chi connectivity index (χ1n) is 5.40. The second kappa shape index (κ2) is 2.52. The molecule has 3 aliphatic carbocycles. The Balaban J connectivity index is 2.09. The van der Waals surface area contributed by atoms with Crippen LogP contribution in [0, 0.1) is 12.3 Å². The molecule has 0 amide bonds. The van der Waals surface area contributed by atoms with Crippen molar-refractivity contribution >= 4 is 11.1 Å². The molecular weight excluding hydrogens is 180 g/mol. The molecule has 0 N–H and O–H groups in total. The summed E-state index contributed by atoms with van der Waals surface area (Å²) in [4.78, 5) is 0. The molecule has 2 radical (unpaired) electrons. The van der Waals surface area contributed by atoms with Crippen LogP contribution >= 0.6 is 0 Å². The lowest BCUT2D eigenvalue weighted by molar-refractivity contribution is 0.936. The van der Waals surface area contributed by atoms with Crippen LogP contribution in [0.3, 0.4) is 0 Å². The van der Waals surface area contributed by atoms with E-state index in [0.717, 1.165) is 6.42 Å². The van der Waals surface area contributed by atoms with Crippen molar-refractivity contribution in [1.29, 1.82) is 0 Å². The van der Waals surface area contributed by atoms with Crippen LogP contribution in [0.1, 0.15) is 17.5 Å². The number of hydrogen-bond donors (Lipinski definition) is 0. The molecule has 0 saturated carbocycles. The normalized spacial score (nSPS) is 25.3. The van der Waals surface area contributed by atoms with E-state index in [1.807, 2.05) is 0 Å². The van der Waals surface area contributed by atoms with Gasteiger partial charge in [0, 0.05) is 5.92 Å². The van der Waals surface area contributed by atoms with E-state index in [4.69, 9.17) is 0 Å². The number of benzene rings is 1. The fraction of sp³-hybridized carbons (Fsp3) is 0.133. The fourth-order valence-corrected chi connectivity index (χ4v) is 2.90. The average Bonchev–Trinajstić information content (AvgIpc) is 2.85. The highest BCUT2D eigenvalue weighted by Crippen LogP contribution is 2.53. The highest BCUT2D eigenvalue weighted by molar-refractivity contribution is 6.03. The Morgan fingerprint density at radius 1 is 1.13 bits per heavy atom. The molecule has 1 aromatic rings. The highest BCUT2D eigenvalue weighted by atomic mass is 14.4. The zero-order valence-electron chi connectivity index (χ0n) is 8.33. The number of fused-ring (bicyclic) bond motifs is 3. The maximum absolute atomic E-state index is 3.53. The van der Waals surface area contributed by atoms with Gasteiger partial charge in [-0.3, -0.25) is 0 Å². The summed E-state index contributed by atoms with van der Waals surface area (Å²) in [6.07, 6.45) is 11.2. The summed E-state index contributed by atoms with van der Waals surface area (Å²) in [5.74, 6) is 0.451. The van der Waals surface area contributed by atoms with Crippen molar-refractivity contribution in [3.63, 3.8) is 0 Å². The van der Waals surface area contributed by atoms with Gasteiger partial charge in [0.2, 0.25) is 0 Å². The van der Waals surface area contributed by atoms with Gasteiger partial charge in [0.05, 0.1) is 0 Å². The summed E-state index contributed by atoms with van der Waals surface area (Å²) in [6, 6.07) is 8.73. The molecule has 0 heterocycles. The van der Waals surface area contributed by atoms with E-state index in [1.54, 1.807) is 0 Å². The Morgan fingerprint density at radius 3 is 2.93 bits per heavy atom. The largest absolute Gasteiger partial charge is 0.0763 e. The number of allylic oxidation sites excluding steroid dienone is 6. The molecule has 0 bridgehead atoms. The lowest BCUT2D eigenvalue weighted by Gasteiger charge is -2.15. The van der Waals surface area contributed by atoms with Crippen molar-refractivity contribution in [2.24, 2.45) is 5.92 Å². The van der Waals surface area contributed by atoms with Gasteiger partial charge in [-0.15, -0.1) is 0 Å². The maximum atomic E-state index is 3.53. The van der Waals surface area contributed by atoms with Crippen LogP contribution in [0.2, 0.25) is 0 Å². The summed E-state index contributed by atoms with van der Waals surface area (Å²) in [7, 11) is 0. The first kappa shape index (κ1) is 7.70. The molecule has 70 valence electrons. The molecule has 0 nitrogen and oxygen atoms in total. The van der Waals surface area contributed by atoms with Crippen LogP contribution in [0.15, 0.2) is 48.1 Å². The van der Waals surface area contributed by atoms with Gasteiger partial charge in [0.25, 0.3) is 0 Å². The minimum Gasteiger partial charge on any atom is -0.0763 e. The first-order valence-corrected chi connectivity index (χ1v) is 5.40. The van der Waals surface area contributed by atoms with Gasteiger partial charge in [0.1, 0.15) is 0 Å². The van der Waals surface area contributed by atoms with Gasteiger partial charge in [0.15, 0.2) is 0 Å². The first-order chi connectivity index (χ1) is 7.45. The van der Waals surface area contributed by atoms with E-state index in [2.05, 4.69) is 48.9 Å². The smallest absolute Gasteiger partial charge is 0.0102 e. The molecule has 0 heteroatoms. The van der Waals surface area contributed by atoms with Crippen LogP contribution in [0.4, 0.5) is 0 Å². The molecule has 1 atom stereocenters. The van der Waals surface area contributed by atoms with Crippen LogP contribution in [0.5, 0.6) is 0 Å². The monoisotopic (exact) mass is 190 g/mol. The zero-order chi connectivity index (χ0) is 9.83. The van der Waals surface area contributed by atoms with Gasteiger partial charge < -0.3 is 0 Å². The third-order valence-corrected chi connectivity index (χ3v) is 3.53. The fourth-order valence-electron chi connectivity index (χ4n) is 2.90. The van der Waals surface area contributed by atoms with E-state index in [1.165, 1.54) is 27.8 Å². The minimum absolute atomic E-state index is 0.451. The van der Waals surface area contributed by atoms with Crippen molar-refractivity contribution < 1.29 is 0 Å². The lowest BCUT2D eigenvalue weighted by atomic mass is 9.89. The Labute approximate surface area is 89.6 Å². The molecule has 0 fully saturated rings. The molecule has 1 aromatic carbocycles. The third kappa shape index (κ3) is 0.829. The predicted molar refractivity (Wildman–Crippen MR) is 61.8 cm³/mol. The Kier molecular flexibility index (Phi) is 1.29. The van der Waals surface area contributed by atoms with Crippen LogP contribution in [-0.2, 0) is 0 Å². The molecule has 4 rings (SSSR count). The Bertz CT molecular complexity index is 538. The predicted octanol–water partition coefficient (Wildman–Crippen LogP) is 3.51. The molecule has 3 aliphatic rings. The summed E-state index contributed by atoms with van der Waals surface area (Å²) in [5.41, 5.74) is 7.29. The molecule has 0 spiro atoms. The van der Waals surface area contributed by atoms with Gasteiger partial charge in [-0.2, -0.15) is 0 Å². The van der Waals surface area contributed by atoms with Gasteiger partial charge in [-0.1, -0.05) is 42.5 Å². The van der Waals surface area contributed by atoms with Gasteiger partial charge >= 0.3 is 0 Å². The zero-order valence-corrected chi connectivity index (χ0v) is 8.33. The van der Waals surface area contributed by atoms with Crippen molar-refractivity contribution in [2.75, 3.05) is 0 Å².